The number of benzene rings is 1. The van der Waals surface area contributed by atoms with Gasteiger partial charge >= 0.3 is 0 Å². The predicted octanol–water partition coefficient (Wildman–Crippen LogP) is 1.92. The summed E-state index contributed by atoms with van der Waals surface area (Å²) in [6.45, 7) is 2.05. The summed E-state index contributed by atoms with van der Waals surface area (Å²) in [6, 6.07) is 5.47. The summed E-state index contributed by atoms with van der Waals surface area (Å²) in [5.41, 5.74) is 0.848. The summed E-state index contributed by atoms with van der Waals surface area (Å²) >= 11 is 12.2. The summed E-state index contributed by atoms with van der Waals surface area (Å²) in [5, 5.41) is 1.02. The summed E-state index contributed by atoms with van der Waals surface area (Å²) in [4.78, 5) is 2.05. The Balaban J connectivity index is 2.11. The first-order valence-electron chi connectivity index (χ1n) is 6.20. The molecule has 5 nitrogen and oxygen atoms in total. The van der Waals surface area contributed by atoms with Crippen LogP contribution in [0, 0.1) is 0 Å². The van der Waals surface area contributed by atoms with Crippen LogP contribution in [0.25, 0.3) is 0 Å². The highest BCUT2D eigenvalue weighted by atomic mass is 35.5. The molecule has 8 heteroatoms. The van der Waals surface area contributed by atoms with Crippen LogP contribution < -0.4 is 4.90 Å². The molecule has 1 aliphatic rings. The van der Waals surface area contributed by atoms with Crippen LogP contribution in [-0.2, 0) is 10.2 Å². The highest BCUT2D eigenvalue weighted by Crippen LogP contribution is 2.33. The number of piperazine rings is 1. The van der Waals surface area contributed by atoms with Gasteiger partial charge in [0.2, 0.25) is 0 Å². The molecule has 0 unspecified atom stereocenters. The van der Waals surface area contributed by atoms with Gasteiger partial charge in [-0.3, -0.25) is 0 Å². The first-order valence-corrected chi connectivity index (χ1v) is 8.36. The van der Waals surface area contributed by atoms with Crippen LogP contribution in [0.2, 0.25) is 10.0 Å². The Morgan fingerprint density at radius 3 is 2.25 bits per heavy atom. The molecule has 0 amide bonds. The molecule has 0 radical (unpaired) electrons. The van der Waals surface area contributed by atoms with Gasteiger partial charge in [-0.25, -0.2) is 0 Å². The van der Waals surface area contributed by atoms with E-state index in [0.717, 1.165) is 5.69 Å². The van der Waals surface area contributed by atoms with Crippen molar-refractivity contribution in [2.45, 2.75) is 0 Å². The van der Waals surface area contributed by atoms with Crippen LogP contribution in [0.3, 0.4) is 0 Å². The normalized spacial score (nSPS) is 17.8. The Bertz CT molecular complexity index is 584. The van der Waals surface area contributed by atoms with Crippen molar-refractivity contribution >= 4 is 39.1 Å². The summed E-state index contributed by atoms with van der Waals surface area (Å²) in [7, 11) is -0.268. The number of anilines is 1. The number of halogens is 2. The van der Waals surface area contributed by atoms with Crippen molar-refractivity contribution < 1.29 is 8.42 Å². The first-order chi connectivity index (χ1) is 9.34. The lowest BCUT2D eigenvalue weighted by Crippen LogP contribution is -2.51. The van der Waals surface area contributed by atoms with Crippen molar-refractivity contribution in [3.05, 3.63) is 28.2 Å². The molecule has 1 aromatic rings. The fraction of sp³-hybridized carbons (Fsp3) is 0.500. The van der Waals surface area contributed by atoms with Gasteiger partial charge in [0.25, 0.3) is 10.2 Å². The minimum absolute atomic E-state index is 0.434. The molecule has 1 aliphatic heterocycles. The van der Waals surface area contributed by atoms with Gasteiger partial charge in [0, 0.05) is 40.3 Å². The van der Waals surface area contributed by atoms with Crippen molar-refractivity contribution in [3.8, 4) is 0 Å². The average Bonchev–Trinajstić information content (AvgIpc) is 2.42. The molecule has 0 N–H and O–H groups in total. The molecule has 0 bridgehead atoms. The van der Waals surface area contributed by atoms with Crippen molar-refractivity contribution in [2.24, 2.45) is 0 Å². The zero-order valence-electron chi connectivity index (χ0n) is 11.4. The van der Waals surface area contributed by atoms with E-state index in [0.29, 0.717) is 36.2 Å². The van der Waals surface area contributed by atoms with Crippen LogP contribution in [-0.4, -0.2) is 57.3 Å². The van der Waals surface area contributed by atoms with Gasteiger partial charge in [0.05, 0.1) is 15.7 Å². The van der Waals surface area contributed by atoms with Crippen LogP contribution in [0.5, 0.6) is 0 Å². The van der Waals surface area contributed by atoms with Crippen LogP contribution >= 0.6 is 23.2 Å². The molecule has 0 aromatic heterocycles. The molecule has 2 rings (SSSR count). The summed E-state index contributed by atoms with van der Waals surface area (Å²) < 4.78 is 26.8. The third kappa shape index (κ3) is 3.04. The van der Waals surface area contributed by atoms with Gasteiger partial charge in [0.15, 0.2) is 0 Å². The molecule has 20 heavy (non-hydrogen) atoms. The zero-order valence-corrected chi connectivity index (χ0v) is 13.7. The maximum atomic E-state index is 12.0. The van der Waals surface area contributed by atoms with E-state index in [4.69, 9.17) is 23.2 Å². The number of hydrogen-bond donors (Lipinski definition) is 0. The topological polar surface area (TPSA) is 43.9 Å². The Labute approximate surface area is 129 Å². The Hall–Kier alpha value is -0.530. The van der Waals surface area contributed by atoms with Crippen LogP contribution in [0.15, 0.2) is 18.2 Å². The third-order valence-corrected chi connectivity index (χ3v) is 6.05. The van der Waals surface area contributed by atoms with E-state index in [-0.39, 0.29) is 0 Å². The second-order valence-electron chi connectivity index (χ2n) is 4.75. The predicted molar refractivity (Wildman–Crippen MR) is 82.9 cm³/mol. The van der Waals surface area contributed by atoms with Gasteiger partial charge in [0.1, 0.15) is 0 Å². The molecule has 0 saturated carbocycles. The molecule has 112 valence electrons. The van der Waals surface area contributed by atoms with E-state index in [1.807, 2.05) is 12.1 Å². The summed E-state index contributed by atoms with van der Waals surface area (Å²) in [5.74, 6) is 0. The quantitative estimate of drug-likeness (QED) is 0.846. The molecular weight excluding hydrogens is 321 g/mol. The Morgan fingerprint density at radius 1 is 1.10 bits per heavy atom. The van der Waals surface area contributed by atoms with E-state index in [1.165, 1.54) is 22.7 Å². The lowest BCUT2D eigenvalue weighted by molar-refractivity contribution is 0.355. The van der Waals surface area contributed by atoms with Gasteiger partial charge in [-0.1, -0.05) is 29.3 Å². The van der Waals surface area contributed by atoms with Crippen molar-refractivity contribution in [3.63, 3.8) is 0 Å². The van der Waals surface area contributed by atoms with Gasteiger partial charge < -0.3 is 4.90 Å². The first kappa shape index (κ1) is 15.9. The molecule has 0 spiro atoms. The highest BCUT2D eigenvalue weighted by Gasteiger charge is 2.29. The molecular formula is C12H17Cl2N3O2S. The SMILES string of the molecule is CN(C)S(=O)(=O)N1CCN(c2cccc(Cl)c2Cl)CC1. The minimum atomic E-state index is -3.34. The minimum Gasteiger partial charge on any atom is -0.368 e. The van der Waals surface area contributed by atoms with E-state index in [2.05, 4.69) is 4.90 Å². The Morgan fingerprint density at radius 2 is 1.70 bits per heavy atom. The average molecular weight is 338 g/mol. The van der Waals surface area contributed by atoms with Crippen LogP contribution in [0.4, 0.5) is 5.69 Å². The zero-order chi connectivity index (χ0) is 14.9. The Kier molecular flexibility index (Phi) is 4.81. The molecule has 0 aliphatic carbocycles. The standard InChI is InChI=1S/C12H17Cl2N3O2S/c1-15(2)20(18,19)17-8-6-16(7-9-17)11-5-3-4-10(13)12(11)14/h3-5H,6-9H2,1-2H3. The van der Waals surface area contributed by atoms with Crippen molar-refractivity contribution in [2.75, 3.05) is 45.2 Å². The van der Waals surface area contributed by atoms with Gasteiger partial charge in [-0.2, -0.15) is 17.0 Å². The van der Waals surface area contributed by atoms with Crippen molar-refractivity contribution in [1.29, 1.82) is 0 Å². The smallest absolute Gasteiger partial charge is 0.281 e. The lowest BCUT2D eigenvalue weighted by Gasteiger charge is -2.36. The molecule has 1 aromatic carbocycles. The molecule has 0 atom stereocenters. The molecule has 1 saturated heterocycles. The number of hydrogen-bond acceptors (Lipinski definition) is 3. The molecule has 1 heterocycles. The van der Waals surface area contributed by atoms with Crippen molar-refractivity contribution in [1.82, 2.24) is 8.61 Å². The molecule has 1 fully saturated rings. The lowest BCUT2D eigenvalue weighted by atomic mass is 10.2. The summed E-state index contributed by atoms with van der Waals surface area (Å²) in [6.07, 6.45) is 0. The number of rotatable bonds is 3. The fourth-order valence-electron chi connectivity index (χ4n) is 2.13. The highest BCUT2D eigenvalue weighted by molar-refractivity contribution is 7.86. The van der Waals surface area contributed by atoms with E-state index >= 15 is 0 Å². The van der Waals surface area contributed by atoms with Crippen LogP contribution in [0.1, 0.15) is 0 Å². The fourth-order valence-corrected chi connectivity index (χ4v) is 3.63. The largest absolute Gasteiger partial charge is 0.368 e. The van der Waals surface area contributed by atoms with E-state index in [1.54, 1.807) is 6.07 Å². The monoisotopic (exact) mass is 337 g/mol. The van der Waals surface area contributed by atoms with Gasteiger partial charge in [-0.15, -0.1) is 0 Å². The maximum Gasteiger partial charge on any atom is 0.281 e. The maximum absolute atomic E-state index is 12.0. The number of nitrogens with zero attached hydrogens (tertiary/aromatic N) is 3. The van der Waals surface area contributed by atoms with Gasteiger partial charge in [-0.05, 0) is 12.1 Å². The van der Waals surface area contributed by atoms with E-state index < -0.39 is 10.2 Å². The second-order valence-corrected chi connectivity index (χ2v) is 7.68. The second kappa shape index (κ2) is 6.07. The van der Waals surface area contributed by atoms with E-state index in [9.17, 15) is 8.42 Å². The third-order valence-electron chi connectivity index (χ3n) is 3.30.